The first-order valence-corrected chi connectivity index (χ1v) is 11.2. The fourth-order valence-corrected chi connectivity index (χ4v) is 4.45. The van der Waals surface area contributed by atoms with Crippen molar-refractivity contribution in [3.63, 3.8) is 0 Å². The Balaban J connectivity index is 1.81. The summed E-state index contributed by atoms with van der Waals surface area (Å²) in [6.07, 6.45) is 3.27. The van der Waals surface area contributed by atoms with Crippen molar-refractivity contribution in [3.05, 3.63) is 94.2 Å². The maximum absolute atomic E-state index is 13.2. The molecule has 1 amide bonds. The van der Waals surface area contributed by atoms with Gasteiger partial charge in [0.2, 0.25) is 15.9 Å². The van der Waals surface area contributed by atoms with Crippen LogP contribution in [0.1, 0.15) is 11.1 Å². The van der Waals surface area contributed by atoms with Crippen molar-refractivity contribution in [2.75, 3.05) is 6.54 Å². The first-order valence-electron chi connectivity index (χ1n) is 9.01. The van der Waals surface area contributed by atoms with Crippen molar-refractivity contribution in [1.29, 1.82) is 0 Å². The molecule has 1 N–H and O–H groups in total. The summed E-state index contributed by atoms with van der Waals surface area (Å²) in [5.41, 5.74) is 1.43. The first kappa shape index (κ1) is 22.2. The Morgan fingerprint density at radius 1 is 0.967 bits per heavy atom. The second kappa shape index (κ2) is 10.0. The summed E-state index contributed by atoms with van der Waals surface area (Å²) < 4.78 is 27.5. The summed E-state index contributed by atoms with van der Waals surface area (Å²) in [4.78, 5) is 16.6. The van der Waals surface area contributed by atoms with Gasteiger partial charge in [-0.3, -0.25) is 9.78 Å². The molecule has 0 bridgehead atoms. The van der Waals surface area contributed by atoms with Crippen molar-refractivity contribution in [2.24, 2.45) is 0 Å². The van der Waals surface area contributed by atoms with Crippen LogP contribution in [0, 0.1) is 0 Å². The number of halogens is 2. The number of carbonyl (C=O) groups is 1. The quantitative estimate of drug-likeness (QED) is 0.549. The van der Waals surface area contributed by atoms with E-state index in [1.165, 1.54) is 12.1 Å². The average Bonchev–Trinajstić information content (AvgIpc) is 2.75. The summed E-state index contributed by atoms with van der Waals surface area (Å²) in [6, 6.07) is 16.4. The van der Waals surface area contributed by atoms with Crippen molar-refractivity contribution in [1.82, 2.24) is 14.6 Å². The molecule has 156 valence electrons. The molecule has 6 nitrogen and oxygen atoms in total. The number of carbonyl (C=O) groups excluding carboxylic acids is 1. The lowest BCUT2D eigenvalue weighted by atomic mass is 10.2. The number of nitrogens with one attached hydrogen (secondary N) is 1. The minimum absolute atomic E-state index is 0.0333. The highest BCUT2D eigenvalue weighted by atomic mass is 35.5. The van der Waals surface area contributed by atoms with E-state index in [4.69, 9.17) is 23.2 Å². The number of hydrogen-bond donors (Lipinski definition) is 1. The number of sulfonamides is 1. The van der Waals surface area contributed by atoms with Crippen molar-refractivity contribution in [3.8, 4) is 0 Å². The Labute approximate surface area is 185 Å². The van der Waals surface area contributed by atoms with Gasteiger partial charge in [-0.25, -0.2) is 8.42 Å². The zero-order chi connectivity index (χ0) is 21.6. The molecule has 0 radical (unpaired) electrons. The van der Waals surface area contributed by atoms with E-state index in [-0.39, 0.29) is 24.5 Å². The van der Waals surface area contributed by atoms with Gasteiger partial charge in [-0.05, 0) is 41.5 Å². The van der Waals surface area contributed by atoms with Gasteiger partial charge in [0.1, 0.15) is 0 Å². The van der Waals surface area contributed by atoms with E-state index < -0.39 is 15.9 Å². The molecule has 0 saturated heterocycles. The van der Waals surface area contributed by atoms with Gasteiger partial charge in [0.05, 0.1) is 21.5 Å². The molecule has 0 spiro atoms. The molecule has 0 atom stereocenters. The highest BCUT2D eigenvalue weighted by Crippen LogP contribution is 2.25. The Morgan fingerprint density at radius 2 is 1.73 bits per heavy atom. The molecule has 30 heavy (non-hydrogen) atoms. The number of benzene rings is 2. The fraction of sp³-hybridized carbons (Fsp3) is 0.143. The number of aromatic nitrogens is 1. The number of nitrogens with zero attached hydrogens (tertiary/aromatic N) is 2. The molecule has 2 aromatic carbocycles. The molecule has 0 fully saturated rings. The van der Waals surface area contributed by atoms with Crippen LogP contribution in [0.3, 0.4) is 0 Å². The summed E-state index contributed by atoms with van der Waals surface area (Å²) in [7, 11) is -3.92. The lowest BCUT2D eigenvalue weighted by Gasteiger charge is -2.22. The number of hydrogen-bond acceptors (Lipinski definition) is 4. The fourth-order valence-electron chi connectivity index (χ4n) is 2.73. The number of amides is 1. The Kier molecular flexibility index (Phi) is 7.44. The van der Waals surface area contributed by atoms with Crippen LogP contribution in [-0.2, 0) is 27.9 Å². The van der Waals surface area contributed by atoms with Gasteiger partial charge in [-0.15, -0.1) is 0 Å². The third kappa shape index (κ3) is 5.79. The third-order valence-electron chi connectivity index (χ3n) is 4.26. The Bertz CT molecular complexity index is 1110. The SMILES string of the molecule is O=C(CN(Cc1ccc(Cl)c(Cl)c1)S(=O)(=O)c1ccccc1)NCc1cccnc1. The number of pyridine rings is 1. The van der Waals surface area contributed by atoms with Crippen molar-refractivity contribution < 1.29 is 13.2 Å². The average molecular weight is 464 g/mol. The van der Waals surface area contributed by atoms with Crippen LogP contribution in [0.2, 0.25) is 10.0 Å². The molecule has 1 heterocycles. The predicted molar refractivity (Wildman–Crippen MR) is 117 cm³/mol. The Morgan fingerprint density at radius 3 is 2.40 bits per heavy atom. The van der Waals surface area contributed by atoms with Crippen molar-refractivity contribution in [2.45, 2.75) is 18.0 Å². The van der Waals surface area contributed by atoms with Crippen LogP contribution < -0.4 is 5.32 Å². The first-order chi connectivity index (χ1) is 14.4. The summed E-state index contributed by atoms with van der Waals surface area (Å²) in [5, 5.41) is 3.41. The molecule has 0 aliphatic carbocycles. The smallest absolute Gasteiger partial charge is 0.243 e. The maximum Gasteiger partial charge on any atom is 0.243 e. The summed E-state index contributed by atoms with van der Waals surface area (Å²) >= 11 is 12.0. The Hall–Kier alpha value is -2.45. The molecule has 1 aromatic heterocycles. The minimum Gasteiger partial charge on any atom is -0.351 e. The normalized spacial score (nSPS) is 11.4. The summed E-state index contributed by atoms with van der Waals surface area (Å²) in [5.74, 6) is -0.432. The van der Waals surface area contributed by atoms with Gasteiger partial charge < -0.3 is 5.32 Å². The van der Waals surface area contributed by atoms with E-state index >= 15 is 0 Å². The molecule has 0 unspecified atom stereocenters. The second-order valence-corrected chi connectivity index (χ2v) is 9.22. The van der Waals surface area contributed by atoms with Crippen LogP contribution in [0.25, 0.3) is 0 Å². The molecule has 3 rings (SSSR count). The number of rotatable bonds is 8. The van der Waals surface area contributed by atoms with E-state index in [1.54, 1.807) is 54.9 Å². The van der Waals surface area contributed by atoms with Crippen LogP contribution in [0.15, 0.2) is 78.0 Å². The molecule has 3 aromatic rings. The van der Waals surface area contributed by atoms with E-state index in [0.717, 1.165) is 9.87 Å². The topological polar surface area (TPSA) is 79.4 Å². The largest absolute Gasteiger partial charge is 0.351 e. The van der Waals surface area contributed by atoms with Crippen molar-refractivity contribution >= 4 is 39.1 Å². The molecule has 0 aliphatic rings. The third-order valence-corrected chi connectivity index (χ3v) is 6.80. The zero-order valence-electron chi connectivity index (χ0n) is 15.8. The highest BCUT2D eigenvalue weighted by molar-refractivity contribution is 7.89. The van der Waals surface area contributed by atoms with Gasteiger partial charge in [-0.1, -0.05) is 53.5 Å². The van der Waals surface area contributed by atoms with E-state index in [9.17, 15) is 13.2 Å². The zero-order valence-corrected chi connectivity index (χ0v) is 18.2. The predicted octanol–water partition coefficient (Wildman–Crippen LogP) is 3.90. The van der Waals surface area contributed by atoms with Crippen LogP contribution >= 0.6 is 23.2 Å². The lowest BCUT2D eigenvalue weighted by molar-refractivity contribution is -0.121. The second-order valence-electron chi connectivity index (χ2n) is 6.47. The highest BCUT2D eigenvalue weighted by Gasteiger charge is 2.27. The lowest BCUT2D eigenvalue weighted by Crippen LogP contribution is -2.40. The van der Waals surface area contributed by atoms with Crippen LogP contribution in [0.4, 0.5) is 0 Å². The standard InChI is InChI=1S/C21H19Cl2N3O3S/c22-19-9-8-16(11-20(19)23)14-26(30(28,29)18-6-2-1-3-7-18)15-21(27)25-13-17-5-4-10-24-12-17/h1-12H,13-15H2,(H,25,27). The van der Waals surface area contributed by atoms with Crippen LogP contribution in [0.5, 0.6) is 0 Å². The van der Waals surface area contributed by atoms with E-state index in [0.29, 0.717) is 15.6 Å². The van der Waals surface area contributed by atoms with E-state index in [1.807, 2.05) is 6.07 Å². The maximum atomic E-state index is 13.2. The van der Waals surface area contributed by atoms with Gasteiger partial charge in [-0.2, -0.15) is 4.31 Å². The van der Waals surface area contributed by atoms with Gasteiger partial charge in [0.15, 0.2) is 0 Å². The monoisotopic (exact) mass is 463 g/mol. The summed E-state index contributed by atoms with van der Waals surface area (Å²) in [6.45, 7) is -0.134. The minimum atomic E-state index is -3.92. The molecular weight excluding hydrogens is 445 g/mol. The van der Waals surface area contributed by atoms with Gasteiger partial charge >= 0.3 is 0 Å². The molecule has 0 aliphatic heterocycles. The van der Waals surface area contributed by atoms with Gasteiger partial charge in [0, 0.05) is 25.5 Å². The molecule has 0 saturated carbocycles. The van der Waals surface area contributed by atoms with E-state index in [2.05, 4.69) is 10.3 Å². The molecular formula is C21H19Cl2N3O3S. The van der Waals surface area contributed by atoms with Crippen LogP contribution in [-0.4, -0.2) is 30.2 Å². The molecule has 9 heteroatoms. The van der Waals surface area contributed by atoms with Gasteiger partial charge in [0.25, 0.3) is 0 Å².